The van der Waals surface area contributed by atoms with Crippen LogP contribution < -0.4 is 4.72 Å². The fourth-order valence-corrected chi connectivity index (χ4v) is 4.47. The van der Waals surface area contributed by atoms with Gasteiger partial charge in [0.1, 0.15) is 23.0 Å². The standard InChI is InChI=1S/C25H23F2N5OS/c1-3-8-34-32-22-20(26)7-6-16(21(22)27)23(33)19-12-30-25-17(19)9-15(10-28-25)18-11-29-24(14-4-5-14)31-13(18)2/h6-7,9-12,14,32H,3-5,8H2,1-2H3,(H,28,30). The van der Waals surface area contributed by atoms with Crippen molar-refractivity contribution in [1.82, 2.24) is 19.9 Å². The van der Waals surface area contributed by atoms with Gasteiger partial charge < -0.3 is 9.71 Å². The zero-order chi connectivity index (χ0) is 23.8. The molecule has 3 heterocycles. The second kappa shape index (κ2) is 9.13. The molecule has 1 aromatic carbocycles. The molecule has 174 valence electrons. The van der Waals surface area contributed by atoms with Gasteiger partial charge in [-0.15, -0.1) is 0 Å². The predicted molar refractivity (Wildman–Crippen MR) is 130 cm³/mol. The summed E-state index contributed by atoms with van der Waals surface area (Å²) < 4.78 is 32.0. The van der Waals surface area contributed by atoms with Crippen molar-refractivity contribution in [3.63, 3.8) is 0 Å². The Kier molecular flexibility index (Phi) is 6.03. The van der Waals surface area contributed by atoms with Crippen LogP contribution in [0.4, 0.5) is 14.5 Å². The van der Waals surface area contributed by atoms with E-state index in [-0.39, 0.29) is 16.8 Å². The topological polar surface area (TPSA) is 83.6 Å². The second-order valence-electron chi connectivity index (χ2n) is 8.39. The van der Waals surface area contributed by atoms with Gasteiger partial charge in [0.25, 0.3) is 0 Å². The Hall–Kier alpha value is -3.33. The maximum absolute atomic E-state index is 15.1. The highest BCUT2D eigenvalue weighted by molar-refractivity contribution is 8.00. The van der Waals surface area contributed by atoms with Crippen LogP contribution in [-0.2, 0) is 0 Å². The molecule has 0 saturated heterocycles. The average molecular weight is 480 g/mol. The third-order valence-corrected chi connectivity index (χ3v) is 6.80. The lowest BCUT2D eigenvalue weighted by Gasteiger charge is -2.10. The van der Waals surface area contributed by atoms with E-state index >= 15 is 4.39 Å². The first-order valence-electron chi connectivity index (χ1n) is 11.2. The number of aromatic amines is 1. The van der Waals surface area contributed by atoms with Crippen molar-refractivity contribution in [3.8, 4) is 11.1 Å². The highest BCUT2D eigenvalue weighted by Gasteiger charge is 2.27. The quantitative estimate of drug-likeness (QED) is 0.178. The molecular formula is C25H23F2N5OS. The lowest BCUT2D eigenvalue weighted by molar-refractivity contribution is 0.103. The summed E-state index contributed by atoms with van der Waals surface area (Å²) >= 11 is 1.19. The van der Waals surface area contributed by atoms with E-state index in [0.29, 0.717) is 22.7 Å². The average Bonchev–Trinajstić information content (AvgIpc) is 3.60. The number of anilines is 1. The summed E-state index contributed by atoms with van der Waals surface area (Å²) in [6.07, 6.45) is 8.08. The molecule has 0 bridgehead atoms. The second-order valence-corrected chi connectivity index (χ2v) is 9.29. The van der Waals surface area contributed by atoms with Gasteiger partial charge in [0, 0.05) is 58.0 Å². The molecule has 1 aliphatic rings. The summed E-state index contributed by atoms with van der Waals surface area (Å²) in [7, 11) is 0. The number of hydrogen-bond donors (Lipinski definition) is 2. The smallest absolute Gasteiger partial charge is 0.198 e. The van der Waals surface area contributed by atoms with Gasteiger partial charge in [0.2, 0.25) is 0 Å². The Labute approximate surface area is 199 Å². The number of benzene rings is 1. The van der Waals surface area contributed by atoms with Crippen molar-refractivity contribution in [2.75, 3.05) is 10.5 Å². The van der Waals surface area contributed by atoms with Crippen molar-refractivity contribution in [2.24, 2.45) is 0 Å². The van der Waals surface area contributed by atoms with Crippen molar-refractivity contribution in [1.29, 1.82) is 0 Å². The van der Waals surface area contributed by atoms with Crippen LogP contribution in [0, 0.1) is 18.6 Å². The van der Waals surface area contributed by atoms with Gasteiger partial charge in [0.15, 0.2) is 11.6 Å². The number of nitrogens with zero attached hydrogens (tertiary/aromatic N) is 3. The van der Waals surface area contributed by atoms with Crippen LogP contribution in [0.2, 0.25) is 0 Å². The molecule has 0 aliphatic heterocycles. The zero-order valence-corrected chi connectivity index (χ0v) is 19.6. The van der Waals surface area contributed by atoms with E-state index in [4.69, 9.17) is 0 Å². The fraction of sp³-hybridized carbons (Fsp3) is 0.280. The lowest BCUT2D eigenvalue weighted by atomic mass is 10.00. The zero-order valence-electron chi connectivity index (χ0n) is 18.8. The first-order valence-corrected chi connectivity index (χ1v) is 12.2. The molecule has 3 aromatic heterocycles. The van der Waals surface area contributed by atoms with Crippen LogP contribution in [0.3, 0.4) is 0 Å². The maximum Gasteiger partial charge on any atom is 0.198 e. The van der Waals surface area contributed by atoms with Crippen LogP contribution in [0.25, 0.3) is 22.2 Å². The monoisotopic (exact) mass is 479 g/mol. The van der Waals surface area contributed by atoms with Gasteiger partial charge in [-0.3, -0.25) is 4.79 Å². The minimum atomic E-state index is -0.910. The molecule has 1 saturated carbocycles. The number of fused-ring (bicyclic) bond motifs is 1. The van der Waals surface area contributed by atoms with Gasteiger partial charge in [-0.05, 0) is 44.4 Å². The number of ketones is 1. The summed E-state index contributed by atoms with van der Waals surface area (Å²) in [5.74, 6) is -0.215. The highest BCUT2D eigenvalue weighted by atomic mass is 32.2. The van der Waals surface area contributed by atoms with Gasteiger partial charge in [-0.2, -0.15) is 0 Å². The minimum absolute atomic E-state index is 0.208. The molecule has 2 N–H and O–H groups in total. The number of carbonyl (C=O) groups excluding carboxylic acids is 1. The molecule has 1 aliphatic carbocycles. The first kappa shape index (κ1) is 22.5. The number of hydrogen-bond acceptors (Lipinski definition) is 6. The summed E-state index contributed by atoms with van der Waals surface area (Å²) in [6.45, 7) is 3.89. The Morgan fingerprint density at radius 3 is 2.76 bits per heavy atom. The SMILES string of the molecule is CCCSNc1c(F)ccc(C(=O)c2c[nH]c3ncc(-c4cnc(C5CC5)nc4C)cc23)c1F. The molecule has 1 fully saturated rings. The number of nitrogens with one attached hydrogen (secondary N) is 2. The lowest BCUT2D eigenvalue weighted by Crippen LogP contribution is -2.07. The van der Waals surface area contributed by atoms with Gasteiger partial charge in [-0.1, -0.05) is 18.9 Å². The normalized spacial score (nSPS) is 13.4. The van der Waals surface area contributed by atoms with E-state index in [1.54, 1.807) is 12.4 Å². The van der Waals surface area contributed by atoms with Gasteiger partial charge >= 0.3 is 0 Å². The highest BCUT2D eigenvalue weighted by Crippen LogP contribution is 2.38. The van der Waals surface area contributed by atoms with E-state index in [1.807, 2.05) is 19.9 Å². The number of pyridine rings is 1. The minimum Gasteiger partial charge on any atom is -0.345 e. The van der Waals surface area contributed by atoms with Gasteiger partial charge in [0.05, 0.1) is 5.56 Å². The molecule has 0 radical (unpaired) electrons. The number of carbonyl (C=O) groups is 1. The van der Waals surface area contributed by atoms with Crippen molar-refractivity contribution < 1.29 is 13.6 Å². The molecule has 0 unspecified atom stereocenters. The largest absolute Gasteiger partial charge is 0.345 e. The van der Waals surface area contributed by atoms with E-state index in [9.17, 15) is 9.18 Å². The summed E-state index contributed by atoms with van der Waals surface area (Å²) in [4.78, 5) is 29.9. The molecule has 5 rings (SSSR count). The number of halogens is 2. The Balaban J connectivity index is 1.51. The van der Waals surface area contributed by atoms with Crippen LogP contribution in [0.1, 0.15) is 59.5 Å². The number of rotatable bonds is 8. The summed E-state index contributed by atoms with van der Waals surface area (Å²) in [5, 5.41) is 0.548. The Bertz CT molecular complexity index is 1400. The van der Waals surface area contributed by atoms with Crippen LogP contribution in [-0.4, -0.2) is 31.5 Å². The molecular weight excluding hydrogens is 456 g/mol. The van der Waals surface area contributed by atoms with E-state index in [1.165, 1.54) is 24.2 Å². The number of aryl methyl sites for hydroxylation is 1. The first-order chi connectivity index (χ1) is 16.5. The molecule has 0 spiro atoms. The van der Waals surface area contributed by atoms with E-state index in [0.717, 1.165) is 48.0 Å². The van der Waals surface area contributed by atoms with Crippen LogP contribution in [0.5, 0.6) is 0 Å². The molecule has 0 atom stereocenters. The maximum atomic E-state index is 15.1. The van der Waals surface area contributed by atoms with Crippen molar-refractivity contribution in [3.05, 3.63) is 71.1 Å². The fourth-order valence-electron chi connectivity index (χ4n) is 3.84. The summed E-state index contributed by atoms with van der Waals surface area (Å²) in [6, 6.07) is 4.10. The third-order valence-electron chi connectivity index (χ3n) is 5.84. The molecule has 4 aromatic rings. The van der Waals surface area contributed by atoms with Crippen LogP contribution in [0.15, 0.2) is 36.8 Å². The van der Waals surface area contributed by atoms with Crippen LogP contribution >= 0.6 is 11.9 Å². The number of H-pyrrole nitrogens is 1. The van der Waals surface area contributed by atoms with E-state index < -0.39 is 17.4 Å². The van der Waals surface area contributed by atoms with E-state index in [2.05, 4.69) is 24.7 Å². The number of aromatic nitrogens is 4. The third kappa shape index (κ3) is 4.16. The van der Waals surface area contributed by atoms with Crippen molar-refractivity contribution >= 4 is 34.5 Å². The molecule has 9 heteroatoms. The van der Waals surface area contributed by atoms with Gasteiger partial charge in [-0.25, -0.2) is 23.7 Å². The Morgan fingerprint density at radius 2 is 2.03 bits per heavy atom. The van der Waals surface area contributed by atoms with Crippen molar-refractivity contribution in [2.45, 2.75) is 39.0 Å². The molecule has 34 heavy (non-hydrogen) atoms. The molecule has 6 nitrogen and oxygen atoms in total. The predicted octanol–water partition coefficient (Wildman–Crippen LogP) is 6.19. The Morgan fingerprint density at radius 1 is 1.21 bits per heavy atom. The molecule has 0 amide bonds. The summed E-state index contributed by atoms with van der Waals surface area (Å²) in [5.41, 5.74) is 2.66.